The third kappa shape index (κ3) is 10.2. The average molecular weight is 769 g/mol. The van der Waals surface area contributed by atoms with Gasteiger partial charge in [0.1, 0.15) is 24.1 Å². The fraction of sp³-hybridized carbons (Fsp3) is 0.333. The van der Waals surface area contributed by atoms with Crippen LogP contribution in [0.1, 0.15) is 57.6 Å². The number of pyridine rings is 1. The summed E-state index contributed by atoms with van der Waals surface area (Å²) in [6.07, 6.45) is 4.12. The SMILES string of the molecule is COc1ccc([C@H](Cc2c(Cl)cncc2Cl)OC(=O)c2cccc(CNC(C(=O)O[C@H]3CN4CCC3CC4)c3cccc(F)c3)c2)cc1OC.O=CO. The van der Waals surface area contributed by atoms with Crippen molar-refractivity contribution in [3.63, 3.8) is 0 Å². The Labute approximate surface area is 316 Å². The van der Waals surface area contributed by atoms with Gasteiger partial charge in [-0.3, -0.25) is 20.0 Å². The molecule has 3 aromatic carbocycles. The number of benzene rings is 3. The van der Waals surface area contributed by atoms with Gasteiger partial charge in [-0.25, -0.2) is 14.0 Å². The lowest BCUT2D eigenvalue weighted by Crippen LogP contribution is -2.52. The topological polar surface area (TPSA) is 137 Å². The Hall–Kier alpha value is -4.75. The molecule has 14 heteroatoms. The molecule has 11 nitrogen and oxygen atoms in total. The van der Waals surface area contributed by atoms with Gasteiger partial charge in [-0.05, 0) is 90.5 Å². The molecular weight excluding hydrogens is 728 g/mol. The number of nitrogens with zero attached hydrogens (tertiary/aromatic N) is 2. The normalized spacial score (nSPS) is 18.5. The number of hydrogen-bond acceptors (Lipinski definition) is 10. The molecule has 7 rings (SSSR count). The van der Waals surface area contributed by atoms with Crippen LogP contribution in [-0.2, 0) is 32.0 Å². The zero-order valence-corrected chi connectivity index (χ0v) is 30.7. The number of nitrogens with one attached hydrogen (secondary N) is 1. The Bertz CT molecular complexity index is 1870. The quantitative estimate of drug-likeness (QED) is 0.109. The van der Waals surface area contributed by atoms with Gasteiger partial charge in [0.05, 0.1) is 29.8 Å². The zero-order valence-electron chi connectivity index (χ0n) is 29.2. The molecule has 3 aliphatic rings. The van der Waals surface area contributed by atoms with Crippen LogP contribution in [-0.4, -0.2) is 73.4 Å². The summed E-state index contributed by atoms with van der Waals surface area (Å²) in [4.78, 5) is 42.0. The minimum Gasteiger partial charge on any atom is -0.493 e. The van der Waals surface area contributed by atoms with Gasteiger partial charge in [-0.2, -0.15) is 0 Å². The van der Waals surface area contributed by atoms with Crippen molar-refractivity contribution in [3.05, 3.63) is 123 Å². The summed E-state index contributed by atoms with van der Waals surface area (Å²) in [5, 5.41) is 10.8. The maximum Gasteiger partial charge on any atom is 0.338 e. The molecule has 3 saturated heterocycles. The Morgan fingerprint density at radius 2 is 1.68 bits per heavy atom. The maximum atomic E-state index is 14.3. The molecule has 4 aromatic rings. The van der Waals surface area contributed by atoms with Crippen molar-refractivity contribution in [2.45, 2.75) is 44.1 Å². The third-order valence-electron chi connectivity index (χ3n) is 9.32. The molecule has 53 heavy (non-hydrogen) atoms. The van der Waals surface area contributed by atoms with Gasteiger partial charge in [-0.15, -0.1) is 0 Å². The summed E-state index contributed by atoms with van der Waals surface area (Å²) in [7, 11) is 3.06. The first-order valence-electron chi connectivity index (χ1n) is 16.9. The van der Waals surface area contributed by atoms with E-state index in [9.17, 15) is 14.0 Å². The smallest absolute Gasteiger partial charge is 0.338 e. The summed E-state index contributed by atoms with van der Waals surface area (Å²) in [5.41, 5.74) is 2.66. The molecular formula is C39H40Cl2FN3O8. The number of esters is 2. The van der Waals surface area contributed by atoms with Gasteiger partial charge >= 0.3 is 11.9 Å². The van der Waals surface area contributed by atoms with Crippen molar-refractivity contribution in [2.24, 2.45) is 5.92 Å². The van der Waals surface area contributed by atoms with Gasteiger partial charge < -0.3 is 24.1 Å². The van der Waals surface area contributed by atoms with E-state index in [1.165, 1.54) is 38.7 Å². The Balaban J connectivity index is 0.00000175. The largest absolute Gasteiger partial charge is 0.493 e. The van der Waals surface area contributed by atoms with Crippen LogP contribution in [0.2, 0.25) is 10.0 Å². The lowest BCUT2D eigenvalue weighted by atomic mass is 9.86. The number of carboxylic acid groups (broad SMARTS) is 1. The van der Waals surface area contributed by atoms with Crippen LogP contribution in [0, 0.1) is 11.7 Å². The van der Waals surface area contributed by atoms with Crippen molar-refractivity contribution in [1.82, 2.24) is 15.2 Å². The van der Waals surface area contributed by atoms with Crippen LogP contribution in [0.5, 0.6) is 11.5 Å². The number of rotatable bonds is 13. The summed E-state index contributed by atoms with van der Waals surface area (Å²) >= 11 is 12.9. The van der Waals surface area contributed by atoms with Gasteiger partial charge in [0, 0.05) is 31.9 Å². The van der Waals surface area contributed by atoms with E-state index in [4.69, 9.17) is 52.1 Å². The van der Waals surface area contributed by atoms with Crippen LogP contribution < -0.4 is 14.8 Å². The van der Waals surface area contributed by atoms with Gasteiger partial charge in [0.15, 0.2) is 11.5 Å². The third-order valence-corrected chi connectivity index (χ3v) is 9.98. The van der Waals surface area contributed by atoms with Crippen molar-refractivity contribution in [2.75, 3.05) is 33.9 Å². The number of carbonyl (C=O) groups is 3. The van der Waals surface area contributed by atoms with E-state index in [1.807, 2.05) is 6.07 Å². The number of aromatic nitrogens is 1. The first-order valence-corrected chi connectivity index (χ1v) is 17.7. The molecule has 3 fully saturated rings. The van der Waals surface area contributed by atoms with Gasteiger partial charge in [0.2, 0.25) is 0 Å². The molecule has 280 valence electrons. The summed E-state index contributed by atoms with van der Waals surface area (Å²) in [6, 6.07) is 17.2. The highest BCUT2D eigenvalue weighted by Gasteiger charge is 2.38. The minimum absolute atomic E-state index is 0.166. The molecule has 2 N–H and O–H groups in total. The number of piperidine rings is 3. The van der Waals surface area contributed by atoms with Crippen LogP contribution in [0.3, 0.4) is 0 Å². The van der Waals surface area contributed by atoms with Crippen molar-refractivity contribution in [3.8, 4) is 11.5 Å². The first kappa shape index (κ1) is 39.5. The number of halogens is 3. The average Bonchev–Trinajstić information content (AvgIpc) is 3.16. The van der Waals surface area contributed by atoms with E-state index in [2.05, 4.69) is 15.2 Å². The number of ether oxygens (including phenoxy) is 4. The number of fused-ring (bicyclic) bond motifs is 3. The minimum atomic E-state index is -0.916. The van der Waals surface area contributed by atoms with Gasteiger partial charge in [-0.1, -0.05) is 53.5 Å². The van der Waals surface area contributed by atoms with E-state index in [-0.39, 0.29) is 25.5 Å². The van der Waals surface area contributed by atoms with Crippen molar-refractivity contribution in [1.29, 1.82) is 0 Å². The fourth-order valence-electron chi connectivity index (χ4n) is 6.61. The van der Waals surface area contributed by atoms with E-state index in [0.717, 1.165) is 25.9 Å². The van der Waals surface area contributed by atoms with Crippen LogP contribution in [0.4, 0.5) is 4.39 Å². The van der Waals surface area contributed by atoms with Crippen molar-refractivity contribution < 1.29 is 42.8 Å². The molecule has 0 amide bonds. The highest BCUT2D eigenvalue weighted by atomic mass is 35.5. The lowest BCUT2D eigenvalue weighted by Gasteiger charge is -2.44. The molecule has 0 aliphatic carbocycles. The van der Waals surface area contributed by atoms with E-state index >= 15 is 0 Å². The monoisotopic (exact) mass is 767 g/mol. The molecule has 3 atom stereocenters. The first-order chi connectivity index (χ1) is 25.6. The second-order valence-electron chi connectivity index (χ2n) is 12.6. The number of hydrogen-bond donors (Lipinski definition) is 2. The van der Waals surface area contributed by atoms with Crippen LogP contribution >= 0.6 is 23.2 Å². The number of carbonyl (C=O) groups excluding carboxylic acids is 2. The zero-order chi connectivity index (χ0) is 37.9. The maximum absolute atomic E-state index is 14.3. The Morgan fingerprint density at radius 1 is 0.981 bits per heavy atom. The molecule has 4 heterocycles. The van der Waals surface area contributed by atoms with E-state index in [0.29, 0.717) is 61.8 Å². The fourth-order valence-corrected chi connectivity index (χ4v) is 7.13. The van der Waals surface area contributed by atoms with Crippen LogP contribution in [0.15, 0.2) is 79.1 Å². The lowest BCUT2D eigenvalue weighted by molar-refractivity contribution is -0.161. The van der Waals surface area contributed by atoms with E-state index in [1.54, 1.807) is 48.5 Å². The highest BCUT2D eigenvalue weighted by molar-refractivity contribution is 6.35. The molecule has 0 radical (unpaired) electrons. The second-order valence-corrected chi connectivity index (χ2v) is 13.4. The molecule has 0 spiro atoms. The second kappa shape index (κ2) is 18.8. The summed E-state index contributed by atoms with van der Waals surface area (Å²) in [6.45, 7) is 2.69. The van der Waals surface area contributed by atoms with Gasteiger partial charge in [0.25, 0.3) is 6.47 Å². The molecule has 0 saturated carbocycles. The highest BCUT2D eigenvalue weighted by Crippen LogP contribution is 2.36. The Kier molecular flexibility index (Phi) is 14.0. The standard InChI is InChI=1S/C38H38Cl2FN3O6.CH2O2/c1-47-32-10-9-25(17-34(32)48-2)33(18-29-30(39)20-42-21-31(29)40)49-37(45)27-7-3-5-23(15-27)19-43-36(26-6-4-8-28(41)16-26)38(46)50-35-22-44-13-11-24(35)12-14-44;2-1-3/h3-10,15-17,20-21,24,33,35-36,43H,11-14,18-19,22H2,1-2H3;1H,(H,2,3)/t33-,35-,36?;/m0./s1. The molecule has 3 aliphatic heterocycles. The van der Waals surface area contributed by atoms with Crippen molar-refractivity contribution >= 4 is 41.6 Å². The predicted molar refractivity (Wildman–Crippen MR) is 196 cm³/mol. The summed E-state index contributed by atoms with van der Waals surface area (Å²) < 4.78 is 37.3. The molecule has 1 aromatic heterocycles. The molecule has 1 unspecified atom stereocenters. The predicted octanol–water partition coefficient (Wildman–Crippen LogP) is 6.85. The molecule has 2 bridgehead atoms. The summed E-state index contributed by atoms with van der Waals surface area (Å²) in [5.74, 6) is -0.189. The van der Waals surface area contributed by atoms with E-state index < -0.39 is 29.9 Å². The Morgan fingerprint density at radius 3 is 2.32 bits per heavy atom. The number of methoxy groups -OCH3 is 2. The van der Waals surface area contributed by atoms with Crippen LogP contribution in [0.25, 0.3) is 0 Å².